The van der Waals surface area contributed by atoms with Crippen LogP contribution in [0, 0.1) is 5.82 Å². The molecule has 0 saturated heterocycles. The van der Waals surface area contributed by atoms with Gasteiger partial charge in [-0.15, -0.1) is 0 Å². The van der Waals surface area contributed by atoms with E-state index in [1.807, 2.05) is 0 Å². The first-order chi connectivity index (χ1) is 12.7. The summed E-state index contributed by atoms with van der Waals surface area (Å²) >= 11 is 0. The van der Waals surface area contributed by atoms with Gasteiger partial charge in [0.1, 0.15) is 28.8 Å². The Morgan fingerprint density at radius 2 is 1.67 bits per heavy atom. The Hall–Kier alpha value is -2.94. The van der Waals surface area contributed by atoms with Gasteiger partial charge in [-0.3, -0.25) is 9.59 Å². The molecule has 2 rings (SSSR count). The van der Waals surface area contributed by atoms with Crippen LogP contribution in [0.4, 0.5) is 10.1 Å². The van der Waals surface area contributed by atoms with Crippen molar-refractivity contribution in [3.8, 4) is 11.5 Å². The number of nitrogens with one attached hydrogen (secondary N) is 1. The molecule has 1 N–H and O–H groups in total. The number of anilines is 1. The van der Waals surface area contributed by atoms with Gasteiger partial charge in [-0.1, -0.05) is 0 Å². The molecule has 0 atom stereocenters. The summed E-state index contributed by atoms with van der Waals surface area (Å²) in [6, 6.07) is 9.21. The van der Waals surface area contributed by atoms with Gasteiger partial charge in [0.25, 0.3) is 0 Å². The zero-order valence-corrected chi connectivity index (χ0v) is 15.5. The minimum absolute atomic E-state index is 0.0702. The van der Waals surface area contributed by atoms with Crippen molar-refractivity contribution in [2.45, 2.75) is 0 Å². The van der Waals surface area contributed by atoms with Crippen LogP contribution in [-0.4, -0.2) is 45.8 Å². The molecule has 9 heteroatoms. The van der Waals surface area contributed by atoms with E-state index in [0.29, 0.717) is 5.75 Å². The molecule has 0 fully saturated rings. The number of amides is 1. The van der Waals surface area contributed by atoms with Crippen molar-refractivity contribution in [1.29, 1.82) is 0 Å². The van der Waals surface area contributed by atoms with Gasteiger partial charge in [0, 0.05) is 11.8 Å². The molecular weight excluding hydrogens is 377 g/mol. The summed E-state index contributed by atoms with van der Waals surface area (Å²) in [5.74, 6) is -3.13. The van der Waals surface area contributed by atoms with Crippen LogP contribution in [0.3, 0.4) is 0 Å². The van der Waals surface area contributed by atoms with Crippen LogP contribution in [0.1, 0.15) is 10.4 Å². The second-order valence-electron chi connectivity index (χ2n) is 5.58. The minimum Gasteiger partial charge on any atom is -0.497 e. The molecule has 0 saturated carbocycles. The van der Waals surface area contributed by atoms with E-state index in [2.05, 4.69) is 5.32 Å². The molecule has 2 aromatic carbocycles. The van der Waals surface area contributed by atoms with Crippen molar-refractivity contribution < 1.29 is 31.9 Å². The van der Waals surface area contributed by atoms with Gasteiger partial charge in [0.15, 0.2) is 15.6 Å². The number of sulfone groups is 1. The molecule has 0 unspecified atom stereocenters. The van der Waals surface area contributed by atoms with Crippen molar-refractivity contribution in [2.75, 3.05) is 31.0 Å². The lowest BCUT2D eigenvalue weighted by atomic mass is 10.1. The zero-order chi connectivity index (χ0) is 20.0. The van der Waals surface area contributed by atoms with Crippen LogP contribution in [0.15, 0.2) is 42.5 Å². The van der Waals surface area contributed by atoms with E-state index in [4.69, 9.17) is 9.47 Å². The largest absolute Gasteiger partial charge is 0.497 e. The number of benzene rings is 2. The van der Waals surface area contributed by atoms with E-state index in [9.17, 15) is 22.4 Å². The molecule has 0 radical (unpaired) electrons. The standard InChI is InChI=1S/C18H18FNO6S/c1-25-14-7-8-15(17(9-14)26-2)16(21)10-27(23,24)11-18(22)20-13-5-3-12(19)4-6-13/h3-9H,10-11H2,1-2H3,(H,20,22). The number of rotatable bonds is 8. The summed E-state index contributed by atoms with van der Waals surface area (Å²) in [6.07, 6.45) is 0. The molecule has 0 heterocycles. The lowest BCUT2D eigenvalue weighted by molar-refractivity contribution is -0.113. The van der Waals surface area contributed by atoms with Crippen LogP contribution in [0.2, 0.25) is 0 Å². The third-order valence-electron chi connectivity index (χ3n) is 3.54. The number of ketones is 1. The first kappa shape index (κ1) is 20.4. The van der Waals surface area contributed by atoms with Crippen molar-refractivity contribution in [3.05, 3.63) is 53.8 Å². The number of carbonyl (C=O) groups is 2. The van der Waals surface area contributed by atoms with Crippen LogP contribution < -0.4 is 14.8 Å². The molecule has 0 aliphatic rings. The predicted molar refractivity (Wildman–Crippen MR) is 97.6 cm³/mol. The van der Waals surface area contributed by atoms with Gasteiger partial charge in [-0.05, 0) is 36.4 Å². The van der Waals surface area contributed by atoms with Gasteiger partial charge >= 0.3 is 0 Å². The van der Waals surface area contributed by atoms with E-state index in [0.717, 1.165) is 12.1 Å². The molecule has 0 bridgehead atoms. The molecule has 0 spiro atoms. The summed E-state index contributed by atoms with van der Waals surface area (Å²) in [7, 11) is -1.23. The van der Waals surface area contributed by atoms with E-state index in [1.165, 1.54) is 44.6 Å². The monoisotopic (exact) mass is 395 g/mol. The fourth-order valence-corrected chi connectivity index (χ4v) is 3.42. The fourth-order valence-electron chi connectivity index (χ4n) is 2.29. The number of methoxy groups -OCH3 is 2. The lowest BCUT2D eigenvalue weighted by Gasteiger charge is -2.10. The molecule has 27 heavy (non-hydrogen) atoms. The van der Waals surface area contributed by atoms with Crippen molar-refractivity contribution >= 4 is 27.2 Å². The van der Waals surface area contributed by atoms with Crippen LogP contribution >= 0.6 is 0 Å². The Morgan fingerprint density at radius 3 is 2.26 bits per heavy atom. The fraction of sp³-hybridized carbons (Fsp3) is 0.222. The van der Waals surface area contributed by atoms with E-state index < -0.39 is 38.9 Å². The molecule has 0 aliphatic carbocycles. The number of hydrogen-bond donors (Lipinski definition) is 1. The smallest absolute Gasteiger partial charge is 0.239 e. The Morgan fingerprint density at radius 1 is 1.00 bits per heavy atom. The highest BCUT2D eigenvalue weighted by atomic mass is 32.2. The van der Waals surface area contributed by atoms with Crippen molar-refractivity contribution in [1.82, 2.24) is 0 Å². The van der Waals surface area contributed by atoms with Crippen LogP contribution in [0.25, 0.3) is 0 Å². The number of Topliss-reactive ketones (excluding diaryl/α,β-unsaturated/α-hetero) is 1. The average molecular weight is 395 g/mol. The summed E-state index contributed by atoms with van der Waals surface area (Å²) in [4.78, 5) is 24.2. The first-order valence-electron chi connectivity index (χ1n) is 7.75. The number of halogens is 1. The van der Waals surface area contributed by atoms with Crippen LogP contribution in [-0.2, 0) is 14.6 Å². The third kappa shape index (κ3) is 5.78. The molecule has 1 amide bonds. The highest BCUT2D eigenvalue weighted by molar-refractivity contribution is 7.92. The number of hydrogen-bond acceptors (Lipinski definition) is 6. The van der Waals surface area contributed by atoms with Gasteiger partial charge in [-0.25, -0.2) is 12.8 Å². The number of ether oxygens (including phenoxy) is 2. The molecule has 2 aromatic rings. The van der Waals surface area contributed by atoms with Crippen molar-refractivity contribution in [2.24, 2.45) is 0 Å². The molecule has 144 valence electrons. The van der Waals surface area contributed by atoms with E-state index >= 15 is 0 Å². The Balaban J connectivity index is 2.05. The first-order valence-corrected chi connectivity index (χ1v) is 9.57. The summed E-state index contributed by atoms with van der Waals surface area (Å²) < 4.78 is 47.3. The molecular formula is C18H18FNO6S. The highest BCUT2D eigenvalue weighted by Crippen LogP contribution is 2.25. The van der Waals surface area contributed by atoms with Gasteiger partial charge in [0.05, 0.1) is 19.8 Å². The molecule has 7 nitrogen and oxygen atoms in total. The predicted octanol–water partition coefficient (Wildman–Crippen LogP) is 2.08. The quantitative estimate of drug-likeness (QED) is 0.687. The Kier molecular flexibility index (Phi) is 6.51. The normalized spacial score (nSPS) is 10.9. The van der Waals surface area contributed by atoms with E-state index in [1.54, 1.807) is 0 Å². The zero-order valence-electron chi connectivity index (χ0n) is 14.7. The molecule has 0 aliphatic heterocycles. The van der Waals surface area contributed by atoms with Crippen molar-refractivity contribution in [3.63, 3.8) is 0 Å². The Bertz CT molecular complexity index is 941. The summed E-state index contributed by atoms with van der Waals surface area (Å²) in [5.41, 5.74) is 0.320. The van der Waals surface area contributed by atoms with Gasteiger partial charge in [0.2, 0.25) is 5.91 Å². The maximum atomic E-state index is 12.8. The SMILES string of the molecule is COc1ccc(C(=O)CS(=O)(=O)CC(=O)Nc2ccc(F)cc2)c(OC)c1. The minimum atomic E-state index is -4.02. The maximum absolute atomic E-state index is 12.8. The second-order valence-corrected chi connectivity index (χ2v) is 7.64. The topological polar surface area (TPSA) is 98.8 Å². The maximum Gasteiger partial charge on any atom is 0.239 e. The highest BCUT2D eigenvalue weighted by Gasteiger charge is 2.24. The van der Waals surface area contributed by atoms with Crippen LogP contribution in [0.5, 0.6) is 11.5 Å². The molecule has 0 aromatic heterocycles. The van der Waals surface area contributed by atoms with E-state index in [-0.39, 0.29) is 17.0 Å². The lowest BCUT2D eigenvalue weighted by Crippen LogP contribution is -2.27. The third-order valence-corrected chi connectivity index (χ3v) is 4.94. The Labute approximate surface area is 156 Å². The van der Waals surface area contributed by atoms with Gasteiger partial charge in [-0.2, -0.15) is 0 Å². The summed E-state index contributed by atoms with van der Waals surface area (Å²) in [6.45, 7) is 0. The number of carbonyl (C=O) groups excluding carboxylic acids is 2. The summed E-state index contributed by atoms with van der Waals surface area (Å²) in [5, 5.41) is 2.34. The average Bonchev–Trinajstić information content (AvgIpc) is 2.62. The van der Waals surface area contributed by atoms with Gasteiger partial charge < -0.3 is 14.8 Å². The second kappa shape index (κ2) is 8.63.